The number of carbonyl (C=O) groups excluding carboxylic acids is 3. The number of nitrogens with one attached hydrogen (secondary N) is 3. The Morgan fingerprint density at radius 3 is 2.27 bits per heavy atom. The van der Waals surface area contributed by atoms with Gasteiger partial charge in [-0.15, -0.1) is 0 Å². The molecule has 6 heteroatoms. The van der Waals surface area contributed by atoms with Crippen LogP contribution in [-0.2, 0) is 20.8 Å². The van der Waals surface area contributed by atoms with Gasteiger partial charge in [-0.1, -0.05) is 63.2 Å². The van der Waals surface area contributed by atoms with Crippen molar-refractivity contribution in [1.82, 2.24) is 16.2 Å². The number of hydrazine groups is 1. The molecular weight excluding hydrogens is 330 g/mol. The average Bonchev–Trinajstić information content (AvgIpc) is 2.59. The Kier molecular flexibility index (Phi) is 6.33. The predicted octanol–water partition coefficient (Wildman–Crippen LogP) is 2.08. The summed E-state index contributed by atoms with van der Waals surface area (Å²) in [5.41, 5.74) is 5.19. The third-order valence-corrected chi connectivity index (χ3v) is 3.89. The van der Waals surface area contributed by atoms with Gasteiger partial charge in [-0.05, 0) is 16.3 Å². The molecule has 2 aromatic rings. The molecule has 6 nitrogen and oxygen atoms in total. The molecule has 0 aromatic heterocycles. The maximum absolute atomic E-state index is 12.1. The highest BCUT2D eigenvalue weighted by molar-refractivity contribution is 5.91. The molecule has 0 aliphatic rings. The number of hydrogen-bond acceptors (Lipinski definition) is 3. The van der Waals surface area contributed by atoms with Crippen LogP contribution in [0.1, 0.15) is 32.8 Å². The number of rotatable bonds is 5. The van der Waals surface area contributed by atoms with E-state index in [1.807, 2.05) is 42.5 Å². The predicted molar refractivity (Wildman–Crippen MR) is 101 cm³/mol. The Morgan fingerprint density at radius 1 is 0.885 bits per heavy atom. The van der Waals surface area contributed by atoms with Gasteiger partial charge in [0.05, 0.1) is 6.42 Å². The lowest BCUT2D eigenvalue weighted by molar-refractivity contribution is -0.130. The molecule has 0 saturated heterocycles. The maximum Gasteiger partial charge on any atom is 0.242 e. The van der Waals surface area contributed by atoms with Gasteiger partial charge in [-0.3, -0.25) is 25.2 Å². The molecule has 3 amide bonds. The van der Waals surface area contributed by atoms with Gasteiger partial charge in [-0.2, -0.15) is 0 Å². The Morgan fingerprint density at radius 2 is 1.54 bits per heavy atom. The van der Waals surface area contributed by atoms with Crippen molar-refractivity contribution in [2.24, 2.45) is 5.41 Å². The van der Waals surface area contributed by atoms with Gasteiger partial charge in [0.25, 0.3) is 0 Å². The number of benzene rings is 2. The van der Waals surface area contributed by atoms with Gasteiger partial charge in [-0.25, -0.2) is 0 Å². The number of fused-ring (bicyclic) bond motifs is 1. The quantitative estimate of drug-likeness (QED) is 0.718. The number of hydrogen-bond donors (Lipinski definition) is 3. The summed E-state index contributed by atoms with van der Waals surface area (Å²) in [5.74, 6) is -0.774. The first kappa shape index (κ1) is 19.4. The lowest BCUT2D eigenvalue weighted by atomic mass is 9.96. The van der Waals surface area contributed by atoms with E-state index in [-0.39, 0.29) is 37.1 Å². The van der Waals surface area contributed by atoms with E-state index in [1.54, 1.807) is 20.8 Å². The molecule has 0 unspecified atom stereocenters. The zero-order valence-corrected chi connectivity index (χ0v) is 15.4. The average molecular weight is 355 g/mol. The second-order valence-electron chi connectivity index (χ2n) is 7.17. The lowest BCUT2D eigenvalue weighted by Gasteiger charge is -2.17. The fourth-order valence-corrected chi connectivity index (χ4v) is 2.42. The molecule has 0 spiro atoms. The van der Waals surface area contributed by atoms with E-state index in [0.29, 0.717) is 0 Å². The zero-order chi connectivity index (χ0) is 19.2. The molecule has 2 rings (SSSR count). The van der Waals surface area contributed by atoms with Gasteiger partial charge >= 0.3 is 0 Å². The van der Waals surface area contributed by atoms with Gasteiger partial charge in [0, 0.05) is 18.4 Å². The Labute approximate surface area is 153 Å². The Balaban J connectivity index is 1.78. The van der Waals surface area contributed by atoms with Gasteiger partial charge in [0.15, 0.2) is 0 Å². The van der Waals surface area contributed by atoms with Crippen molar-refractivity contribution < 1.29 is 14.4 Å². The molecule has 0 aliphatic heterocycles. The fraction of sp³-hybridized carbons (Fsp3) is 0.350. The van der Waals surface area contributed by atoms with Crippen LogP contribution >= 0.6 is 0 Å². The van der Waals surface area contributed by atoms with Crippen LogP contribution in [0.25, 0.3) is 10.8 Å². The van der Waals surface area contributed by atoms with E-state index < -0.39 is 5.41 Å². The van der Waals surface area contributed by atoms with Crippen LogP contribution in [-0.4, -0.2) is 24.3 Å². The summed E-state index contributed by atoms with van der Waals surface area (Å²) in [6.07, 6.45) is 0.263. The van der Waals surface area contributed by atoms with E-state index in [2.05, 4.69) is 16.2 Å². The summed E-state index contributed by atoms with van der Waals surface area (Å²) >= 11 is 0. The van der Waals surface area contributed by atoms with Crippen molar-refractivity contribution in [2.75, 3.05) is 6.54 Å². The molecule has 0 heterocycles. The van der Waals surface area contributed by atoms with Crippen LogP contribution in [0, 0.1) is 5.41 Å². The normalized spacial score (nSPS) is 11.0. The minimum absolute atomic E-state index is 0.0936. The molecule has 0 atom stereocenters. The summed E-state index contributed by atoms with van der Waals surface area (Å²) in [7, 11) is 0. The first-order valence-corrected chi connectivity index (χ1v) is 8.60. The third-order valence-electron chi connectivity index (χ3n) is 3.89. The summed E-state index contributed by atoms with van der Waals surface area (Å²) in [4.78, 5) is 35.6. The second-order valence-corrected chi connectivity index (χ2v) is 7.17. The van der Waals surface area contributed by atoms with E-state index in [9.17, 15) is 14.4 Å². The molecule has 138 valence electrons. The highest BCUT2D eigenvalue weighted by atomic mass is 16.2. The van der Waals surface area contributed by atoms with Gasteiger partial charge < -0.3 is 5.32 Å². The largest absolute Gasteiger partial charge is 0.355 e. The van der Waals surface area contributed by atoms with Crippen LogP contribution < -0.4 is 16.2 Å². The SMILES string of the molecule is CC(C)(C)C(=O)NCCC(=O)NNC(=O)Cc1cccc2ccccc12. The minimum Gasteiger partial charge on any atom is -0.355 e. The summed E-state index contributed by atoms with van der Waals surface area (Å²) in [6.45, 7) is 5.63. The van der Waals surface area contributed by atoms with Crippen molar-refractivity contribution in [1.29, 1.82) is 0 Å². The monoisotopic (exact) mass is 355 g/mol. The second kappa shape index (κ2) is 8.47. The van der Waals surface area contributed by atoms with E-state index in [4.69, 9.17) is 0 Å². The van der Waals surface area contributed by atoms with Crippen molar-refractivity contribution in [3.05, 3.63) is 48.0 Å². The van der Waals surface area contributed by atoms with Crippen LogP contribution in [0.5, 0.6) is 0 Å². The van der Waals surface area contributed by atoms with E-state index >= 15 is 0 Å². The maximum atomic E-state index is 12.1. The molecule has 3 N–H and O–H groups in total. The summed E-state index contributed by atoms with van der Waals surface area (Å²) < 4.78 is 0. The van der Waals surface area contributed by atoms with Gasteiger partial charge in [0.1, 0.15) is 0 Å². The zero-order valence-electron chi connectivity index (χ0n) is 15.4. The topological polar surface area (TPSA) is 87.3 Å². The minimum atomic E-state index is -0.497. The molecule has 0 bridgehead atoms. The molecule has 0 fully saturated rings. The van der Waals surface area contributed by atoms with Crippen molar-refractivity contribution >= 4 is 28.5 Å². The van der Waals surface area contributed by atoms with E-state index in [1.165, 1.54) is 0 Å². The number of amides is 3. The lowest BCUT2D eigenvalue weighted by Crippen LogP contribution is -2.44. The fourth-order valence-electron chi connectivity index (χ4n) is 2.42. The van der Waals surface area contributed by atoms with Crippen molar-refractivity contribution in [2.45, 2.75) is 33.6 Å². The first-order valence-electron chi connectivity index (χ1n) is 8.60. The number of carbonyl (C=O) groups is 3. The van der Waals surface area contributed by atoms with Crippen molar-refractivity contribution in [3.8, 4) is 0 Å². The van der Waals surface area contributed by atoms with Crippen LogP contribution in [0.15, 0.2) is 42.5 Å². The highest BCUT2D eigenvalue weighted by Gasteiger charge is 2.20. The molecule has 2 aromatic carbocycles. The van der Waals surface area contributed by atoms with E-state index in [0.717, 1.165) is 16.3 Å². The highest BCUT2D eigenvalue weighted by Crippen LogP contribution is 2.18. The van der Waals surface area contributed by atoms with Gasteiger partial charge in [0.2, 0.25) is 17.7 Å². The molecule has 0 aliphatic carbocycles. The summed E-state index contributed by atoms with van der Waals surface area (Å²) in [5, 5.41) is 4.77. The van der Waals surface area contributed by atoms with Crippen LogP contribution in [0.2, 0.25) is 0 Å². The molecular formula is C20H25N3O3. The molecule has 0 saturated carbocycles. The molecule has 0 radical (unpaired) electrons. The Hall–Kier alpha value is -2.89. The van der Waals surface area contributed by atoms with Crippen LogP contribution in [0.4, 0.5) is 0 Å². The summed E-state index contributed by atoms with van der Waals surface area (Å²) in [6, 6.07) is 13.6. The van der Waals surface area contributed by atoms with Crippen LogP contribution in [0.3, 0.4) is 0 Å². The smallest absolute Gasteiger partial charge is 0.242 e. The third kappa shape index (κ3) is 5.58. The first-order chi connectivity index (χ1) is 12.3. The van der Waals surface area contributed by atoms with Crippen molar-refractivity contribution in [3.63, 3.8) is 0 Å². The molecule has 26 heavy (non-hydrogen) atoms. The Bertz CT molecular complexity index is 804. The standard InChI is InChI=1S/C20H25N3O3/c1-20(2,3)19(26)21-12-11-17(24)22-23-18(25)13-15-9-6-8-14-7-4-5-10-16(14)15/h4-10H,11-13H2,1-3H3,(H,21,26)(H,22,24)(H,23,25).